The van der Waals surface area contributed by atoms with Crippen molar-refractivity contribution in [2.75, 3.05) is 41.9 Å². The molecule has 1 aromatic heterocycles. The highest BCUT2D eigenvalue weighted by molar-refractivity contribution is 8.00. The van der Waals surface area contributed by atoms with Gasteiger partial charge in [-0.05, 0) is 30.2 Å². The van der Waals surface area contributed by atoms with Gasteiger partial charge in [-0.2, -0.15) is 0 Å². The van der Waals surface area contributed by atoms with E-state index >= 15 is 0 Å². The molecule has 3 heterocycles. The minimum atomic E-state index is 0.0345. The molecular formula is C24H27N5O2S2. The number of fused-ring (bicyclic) bond motifs is 2. The van der Waals surface area contributed by atoms with Gasteiger partial charge < -0.3 is 9.64 Å². The monoisotopic (exact) mass is 481 g/mol. The van der Waals surface area contributed by atoms with E-state index in [1.54, 1.807) is 11.8 Å². The number of carbonyl (C=O) groups excluding carboxylic acids is 1. The van der Waals surface area contributed by atoms with Crippen molar-refractivity contribution in [2.45, 2.75) is 35.3 Å². The Hall–Kier alpha value is -2.49. The number of hydrogen-bond donors (Lipinski definition) is 0. The maximum Gasteiger partial charge on any atom is 0.242 e. The van der Waals surface area contributed by atoms with Gasteiger partial charge in [-0.3, -0.25) is 14.3 Å². The van der Waals surface area contributed by atoms with Crippen LogP contribution in [0.15, 0.2) is 63.5 Å². The Morgan fingerprint density at radius 2 is 1.67 bits per heavy atom. The fourth-order valence-corrected chi connectivity index (χ4v) is 5.92. The van der Waals surface area contributed by atoms with E-state index in [9.17, 15) is 4.79 Å². The molecule has 3 aromatic rings. The molecule has 0 spiro atoms. The first-order valence-electron chi connectivity index (χ1n) is 11.2. The van der Waals surface area contributed by atoms with E-state index in [-0.39, 0.29) is 11.7 Å². The Bertz CT molecular complexity index is 1100. The molecule has 0 atom stereocenters. The van der Waals surface area contributed by atoms with Gasteiger partial charge in [0.2, 0.25) is 11.9 Å². The van der Waals surface area contributed by atoms with Crippen LogP contribution in [0.1, 0.15) is 13.8 Å². The van der Waals surface area contributed by atoms with Crippen LogP contribution in [0.3, 0.4) is 0 Å². The Morgan fingerprint density at radius 3 is 2.30 bits per heavy atom. The predicted molar refractivity (Wildman–Crippen MR) is 133 cm³/mol. The molecule has 5 rings (SSSR count). The standard InChI is InChI=1S/C24H27N5O2S2/c1-17(2)15-28-23(27-11-13-31-14-12-27)25-26-24(28)32-16-22(30)29-18-7-3-5-9-20(18)33-21-10-6-4-8-19(21)29/h3-10,17H,11-16H2,1-2H3. The van der Waals surface area contributed by atoms with Crippen molar-refractivity contribution in [1.29, 1.82) is 0 Å². The van der Waals surface area contributed by atoms with Crippen molar-refractivity contribution in [3.05, 3.63) is 48.5 Å². The van der Waals surface area contributed by atoms with Gasteiger partial charge in [0.1, 0.15) is 0 Å². The molecule has 172 valence electrons. The fraction of sp³-hybridized carbons (Fsp3) is 0.375. The second kappa shape index (κ2) is 9.79. The summed E-state index contributed by atoms with van der Waals surface area (Å²) in [4.78, 5) is 19.8. The van der Waals surface area contributed by atoms with Crippen molar-refractivity contribution in [3.63, 3.8) is 0 Å². The summed E-state index contributed by atoms with van der Waals surface area (Å²) >= 11 is 3.16. The molecule has 0 bridgehead atoms. The molecule has 0 unspecified atom stereocenters. The first kappa shape index (κ1) is 22.3. The average molecular weight is 482 g/mol. The number of carbonyl (C=O) groups is 1. The van der Waals surface area contributed by atoms with E-state index < -0.39 is 0 Å². The number of anilines is 3. The third-order valence-electron chi connectivity index (χ3n) is 5.55. The number of benzene rings is 2. The second-order valence-electron chi connectivity index (χ2n) is 8.44. The molecule has 1 saturated heterocycles. The Kier molecular flexibility index (Phi) is 6.62. The van der Waals surface area contributed by atoms with Gasteiger partial charge in [0.05, 0.1) is 30.3 Å². The molecule has 2 aliphatic heterocycles. The molecular weight excluding hydrogens is 454 g/mol. The largest absolute Gasteiger partial charge is 0.378 e. The van der Waals surface area contributed by atoms with Crippen LogP contribution in [0.2, 0.25) is 0 Å². The van der Waals surface area contributed by atoms with E-state index in [2.05, 4.69) is 45.6 Å². The van der Waals surface area contributed by atoms with Crippen molar-refractivity contribution in [2.24, 2.45) is 5.92 Å². The molecule has 0 radical (unpaired) electrons. The molecule has 9 heteroatoms. The smallest absolute Gasteiger partial charge is 0.242 e. The minimum Gasteiger partial charge on any atom is -0.378 e. The summed E-state index contributed by atoms with van der Waals surface area (Å²) in [6.45, 7) is 8.17. The lowest BCUT2D eigenvalue weighted by molar-refractivity contribution is -0.115. The number of para-hydroxylation sites is 2. The van der Waals surface area contributed by atoms with Crippen LogP contribution in [0.4, 0.5) is 17.3 Å². The average Bonchev–Trinajstić information content (AvgIpc) is 3.23. The Labute approximate surface area is 202 Å². The Morgan fingerprint density at radius 1 is 1.03 bits per heavy atom. The molecule has 7 nitrogen and oxygen atoms in total. The van der Waals surface area contributed by atoms with Crippen LogP contribution in [0, 0.1) is 5.92 Å². The lowest BCUT2D eigenvalue weighted by Gasteiger charge is -2.31. The topological polar surface area (TPSA) is 63.5 Å². The highest BCUT2D eigenvalue weighted by Gasteiger charge is 2.29. The van der Waals surface area contributed by atoms with Crippen LogP contribution in [0.5, 0.6) is 0 Å². The molecule has 33 heavy (non-hydrogen) atoms. The highest BCUT2D eigenvalue weighted by atomic mass is 32.2. The van der Waals surface area contributed by atoms with Crippen LogP contribution in [0.25, 0.3) is 0 Å². The summed E-state index contributed by atoms with van der Waals surface area (Å²) in [6, 6.07) is 16.1. The minimum absolute atomic E-state index is 0.0345. The Balaban J connectivity index is 1.39. The first-order valence-corrected chi connectivity index (χ1v) is 13.0. The van der Waals surface area contributed by atoms with Crippen molar-refractivity contribution in [1.82, 2.24) is 14.8 Å². The van der Waals surface area contributed by atoms with E-state index in [4.69, 9.17) is 4.74 Å². The third-order valence-corrected chi connectivity index (χ3v) is 7.63. The summed E-state index contributed by atoms with van der Waals surface area (Å²) in [5.41, 5.74) is 1.87. The highest BCUT2D eigenvalue weighted by Crippen LogP contribution is 2.48. The van der Waals surface area contributed by atoms with Gasteiger partial charge >= 0.3 is 0 Å². The number of nitrogens with zero attached hydrogens (tertiary/aromatic N) is 5. The number of thioether (sulfide) groups is 1. The summed E-state index contributed by atoms with van der Waals surface area (Å²) in [7, 11) is 0. The maximum atomic E-state index is 13.6. The third kappa shape index (κ3) is 4.62. The number of hydrogen-bond acceptors (Lipinski definition) is 7. The van der Waals surface area contributed by atoms with Crippen molar-refractivity contribution < 1.29 is 9.53 Å². The maximum absolute atomic E-state index is 13.6. The van der Waals surface area contributed by atoms with Crippen molar-refractivity contribution >= 4 is 46.8 Å². The summed E-state index contributed by atoms with van der Waals surface area (Å²) < 4.78 is 7.65. The molecule has 2 aliphatic rings. The zero-order valence-corrected chi connectivity index (χ0v) is 20.4. The predicted octanol–water partition coefficient (Wildman–Crippen LogP) is 4.69. The van der Waals surface area contributed by atoms with Crippen LogP contribution < -0.4 is 9.80 Å². The van der Waals surface area contributed by atoms with Gasteiger partial charge in [-0.1, -0.05) is 61.6 Å². The van der Waals surface area contributed by atoms with E-state index in [0.717, 1.165) is 51.9 Å². The zero-order chi connectivity index (χ0) is 22.8. The molecule has 0 aliphatic carbocycles. The molecule has 1 amide bonds. The van der Waals surface area contributed by atoms with Gasteiger partial charge in [0.15, 0.2) is 5.16 Å². The molecule has 0 N–H and O–H groups in total. The van der Waals surface area contributed by atoms with Crippen LogP contribution in [-0.4, -0.2) is 52.7 Å². The number of rotatable bonds is 6. The SMILES string of the molecule is CC(C)Cn1c(SCC(=O)N2c3ccccc3Sc3ccccc32)nnc1N1CCOCC1. The summed E-state index contributed by atoms with van der Waals surface area (Å²) in [6.07, 6.45) is 0. The van der Waals surface area contributed by atoms with Crippen LogP contribution in [-0.2, 0) is 16.1 Å². The van der Waals surface area contributed by atoms with Gasteiger partial charge in [0, 0.05) is 29.4 Å². The summed E-state index contributed by atoms with van der Waals surface area (Å²) in [5.74, 6) is 1.63. The van der Waals surface area contributed by atoms with E-state index in [1.165, 1.54) is 11.8 Å². The van der Waals surface area contributed by atoms with Crippen LogP contribution >= 0.6 is 23.5 Å². The summed E-state index contributed by atoms with van der Waals surface area (Å²) in [5, 5.41) is 9.74. The van der Waals surface area contributed by atoms with E-state index in [0.29, 0.717) is 19.1 Å². The molecule has 1 fully saturated rings. The lowest BCUT2D eigenvalue weighted by atomic mass is 10.2. The second-order valence-corrected chi connectivity index (χ2v) is 10.5. The number of aromatic nitrogens is 3. The fourth-order valence-electron chi connectivity index (χ4n) is 4.07. The molecule has 2 aromatic carbocycles. The molecule has 0 saturated carbocycles. The van der Waals surface area contributed by atoms with Gasteiger partial charge in [-0.15, -0.1) is 10.2 Å². The number of amides is 1. The zero-order valence-electron chi connectivity index (χ0n) is 18.8. The normalized spacial score (nSPS) is 15.5. The number of morpholine rings is 1. The first-order chi connectivity index (χ1) is 16.1. The lowest BCUT2D eigenvalue weighted by Crippen LogP contribution is -2.38. The van der Waals surface area contributed by atoms with Crippen molar-refractivity contribution in [3.8, 4) is 0 Å². The van der Waals surface area contributed by atoms with Gasteiger partial charge in [0.25, 0.3) is 0 Å². The number of ether oxygens (including phenoxy) is 1. The quantitative estimate of drug-likeness (QED) is 0.473. The van der Waals surface area contributed by atoms with E-state index in [1.807, 2.05) is 41.3 Å². The van der Waals surface area contributed by atoms with Gasteiger partial charge in [-0.25, -0.2) is 0 Å².